The number of hydrogen-bond acceptors (Lipinski definition) is 6. The molecule has 4 rings (SSSR count). The van der Waals surface area contributed by atoms with Crippen LogP contribution in [0, 0.1) is 11.3 Å². The number of benzene rings is 3. The first-order chi connectivity index (χ1) is 14.2. The normalized spacial score (nSPS) is 10.4. The Morgan fingerprint density at radius 2 is 1.69 bits per heavy atom. The molecule has 0 aliphatic heterocycles. The highest BCUT2D eigenvalue weighted by atomic mass is 16.5. The minimum Gasteiger partial charge on any atom is -0.493 e. The van der Waals surface area contributed by atoms with Gasteiger partial charge in [0.05, 0.1) is 37.1 Å². The lowest BCUT2D eigenvalue weighted by Crippen LogP contribution is -2.00. The molecule has 0 fully saturated rings. The molecule has 0 aliphatic rings. The van der Waals surface area contributed by atoms with Crippen LogP contribution in [0.2, 0.25) is 0 Å². The van der Waals surface area contributed by atoms with Gasteiger partial charge in [-0.2, -0.15) is 5.26 Å². The highest BCUT2D eigenvalue weighted by Gasteiger charge is 2.12. The molecular weight excluding hydrogens is 364 g/mol. The Morgan fingerprint density at radius 3 is 2.48 bits per heavy atom. The van der Waals surface area contributed by atoms with Gasteiger partial charge in [-0.15, -0.1) is 0 Å². The number of para-hydroxylation sites is 1. The van der Waals surface area contributed by atoms with E-state index in [2.05, 4.69) is 16.4 Å². The number of aromatic nitrogens is 2. The third-order valence-electron chi connectivity index (χ3n) is 4.51. The number of nitrogens with zero attached hydrogens (tertiary/aromatic N) is 3. The second-order valence-electron chi connectivity index (χ2n) is 6.30. The molecule has 142 valence electrons. The van der Waals surface area contributed by atoms with Crippen molar-refractivity contribution < 1.29 is 9.47 Å². The third-order valence-corrected chi connectivity index (χ3v) is 4.51. The zero-order valence-corrected chi connectivity index (χ0v) is 16.0. The van der Waals surface area contributed by atoms with Crippen molar-refractivity contribution in [2.24, 2.45) is 0 Å². The molecule has 4 aromatic rings. The van der Waals surface area contributed by atoms with Crippen LogP contribution in [-0.2, 0) is 0 Å². The fourth-order valence-corrected chi connectivity index (χ4v) is 3.13. The molecule has 1 N–H and O–H groups in total. The van der Waals surface area contributed by atoms with Crippen LogP contribution in [0.1, 0.15) is 5.56 Å². The average Bonchev–Trinajstić information content (AvgIpc) is 2.78. The largest absolute Gasteiger partial charge is 0.493 e. The Labute approximate surface area is 168 Å². The van der Waals surface area contributed by atoms with Crippen molar-refractivity contribution in [3.8, 4) is 28.8 Å². The van der Waals surface area contributed by atoms with E-state index in [0.717, 1.165) is 27.8 Å². The molecule has 0 bridgehead atoms. The molecule has 29 heavy (non-hydrogen) atoms. The van der Waals surface area contributed by atoms with Gasteiger partial charge < -0.3 is 14.8 Å². The second kappa shape index (κ2) is 7.87. The van der Waals surface area contributed by atoms with Gasteiger partial charge in [-0.3, -0.25) is 0 Å². The van der Waals surface area contributed by atoms with Gasteiger partial charge in [0.25, 0.3) is 0 Å². The van der Waals surface area contributed by atoms with Crippen molar-refractivity contribution >= 4 is 22.5 Å². The van der Waals surface area contributed by atoms with E-state index in [9.17, 15) is 5.26 Å². The minimum absolute atomic E-state index is 0.452. The van der Waals surface area contributed by atoms with Crippen LogP contribution >= 0.6 is 0 Å². The second-order valence-corrected chi connectivity index (χ2v) is 6.30. The van der Waals surface area contributed by atoms with Crippen molar-refractivity contribution in [3.63, 3.8) is 0 Å². The number of nitrogens with one attached hydrogen (secondary N) is 1. The monoisotopic (exact) mass is 382 g/mol. The van der Waals surface area contributed by atoms with E-state index in [1.807, 2.05) is 60.7 Å². The van der Waals surface area contributed by atoms with Gasteiger partial charge in [0, 0.05) is 22.7 Å². The maximum Gasteiger partial charge on any atom is 0.228 e. The first-order valence-corrected chi connectivity index (χ1v) is 8.98. The molecule has 0 atom stereocenters. The minimum atomic E-state index is 0.452. The smallest absolute Gasteiger partial charge is 0.228 e. The highest BCUT2D eigenvalue weighted by molar-refractivity contribution is 5.93. The van der Waals surface area contributed by atoms with Gasteiger partial charge >= 0.3 is 0 Å². The zero-order chi connectivity index (χ0) is 20.2. The summed E-state index contributed by atoms with van der Waals surface area (Å²) >= 11 is 0. The maximum absolute atomic E-state index is 9.25. The van der Waals surface area contributed by atoms with Gasteiger partial charge in [-0.25, -0.2) is 9.97 Å². The lowest BCUT2D eigenvalue weighted by molar-refractivity contribution is 0.355. The number of anilines is 2. The first kappa shape index (κ1) is 18.3. The number of fused-ring (bicyclic) bond motifs is 1. The molecule has 6 heteroatoms. The van der Waals surface area contributed by atoms with Gasteiger partial charge in [-0.05, 0) is 30.3 Å². The van der Waals surface area contributed by atoms with Crippen molar-refractivity contribution in [2.45, 2.75) is 0 Å². The number of rotatable bonds is 5. The molecule has 0 radical (unpaired) electrons. The SMILES string of the molecule is COc1ccc(Nc2nc(-c3cccc(C#N)c3)c3ccccc3n2)cc1OC. The van der Waals surface area contributed by atoms with Crippen molar-refractivity contribution in [2.75, 3.05) is 19.5 Å². The van der Waals surface area contributed by atoms with E-state index in [1.165, 1.54) is 0 Å². The molecule has 1 aromatic heterocycles. The van der Waals surface area contributed by atoms with E-state index in [1.54, 1.807) is 20.3 Å². The Hall–Kier alpha value is -4.11. The standard InChI is InChI=1S/C23H18N4O2/c1-28-20-11-10-17(13-21(20)29-2)25-23-26-19-9-4-3-8-18(19)22(27-23)16-7-5-6-15(12-16)14-24/h3-13H,1-2H3,(H,25,26,27). The molecule has 1 heterocycles. The molecule has 0 saturated heterocycles. The molecule has 0 aliphatic carbocycles. The summed E-state index contributed by atoms with van der Waals surface area (Å²) in [6, 6.07) is 22.9. The van der Waals surface area contributed by atoms with Gasteiger partial charge in [0.2, 0.25) is 5.95 Å². The highest BCUT2D eigenvalue weighted by Crippen LogP contribution is 2.32. The van der Waals surface area contributed by atoms with Crippen LogP contribution < -0.4 is 14.8 Å². The van der Waals surface area contributed by atoms with E-state index < -0.39 is 0 Å². The summed E-state index contributed by atoms with van der Waals surface area (Å²) in [7, 11) is 3.19. The maximum atomic E-state index is 9.25. The van der Waals surface area contributed by atoms with Crippen LogP contribution in [0.4, 0.5) is 11.6 Å². The first-order valence-electron chi connectivity index (χ1n) is 8.98. The van der Waals surface area contributed by atoms with Crippen LogP contribution in [0.3, 0.4) is 0 Å². The quantitative estimate of drug-likeness (QED) is 0.527. The topological polar surface area (TPSA) is 80.1 Å². The molecule has 0 unspecified atom stereocenters. The number of nitriles is 1. The van der Waals surface area contributed by atoms with Crippen LogP contribution in [0.5, 0.6) is 11.5 Å². The Balaban J connectivity index is 1.81. The number of hydrogen-bond donors (Lipinski definition) is 1. The number of ether oxygens (including phenoxy) is 2. The fourth-order valence-electron chi connectivity index (χ4n) is 3.13. The molecule has 3 aromatic carbocycles. The van der Waals surface area contributed by atoms with E-state index >= 15 is 0 Å². The molecule has 0 saturated carbocycles. The Morgan fingerprint density at radius 1 is 0.862 bits per heavy atom. The third kappa shape index (κ3) is 3.66. The van der Waals surface area contributed by atoms with E-state index in [4.69, 9.17) is 14.5 Å². The van der Waals surface area contributed by atoms with Crippen molar-refractivity contribution in [3.05, 3.63) is 72.3 Å². The summed E-state index contributed by atoms with van der Waals surface area (Å²) in [6.07, 6.45) is 0. The average molecular weight is 382 g/mol. The predicted molar refractivity (Wildman–Crippen MR) is 113 cm³/mol. The van der Waals surface area contributed by atoms with E-state index in [-0.39, 0.29) is 0 Å². The van der Waals surface area contributed by atoms with Crippen molar-refractivity contribution in [1.29, 1.82) is 5.26 Å². The molecule has 0 spiro atoms. The van der Waals surface area contributed by atoms with Crippen LogP contribution in [0.15, 0.2) is 66.7 Å². The van der Waals surface area contributed by atoms with Gasteiger partial charge in [-0.1, -0.05) is 30.3 Å². The molecule has 6 nitrogen and oxygen atoms in total. The van der Waals surface area contributed by atoms with Crippen LogP contribution in [0.25, 0.3) is 22.2 Å². The van der Waals surface area contributed by atoms with Crippen molar-refractivity contribution in [1.82, 2.24) is 9.97 Å². The van der Waals surface area contributed by atoms with Gasteiger partial charge in [0.15, 0.2) is 11.5 Å². The van der Waals surface area contributed by atoms with E-state index in [0.29, 0.717) is 23.0 Å². The Kier molecular flexibility index (Phi) is 4.95. The lowest BCUT2D eigenvalue weighted by Gasteiger charge is -2.12. The summed E-state index contributed by atoms with van der Waals surface area (Å²) in [5.74, 6) is 1.71. The fraction of sp³-hybridized carbons (Fsp3) is 0.0870. The zero-order valence-electron chi connectivity index (χ0n) is 16.0. The van der Waals surface area contributed by atoms with Crippen LogP contribution in [-0.4, -0.2) is 24.2 Å². The summed E-state index contributed by atoms with van der Waals surface area (Å²) in [6.45, 7) is 0. The summed E-state index contributed by atoms with van der Waals surface area (Å²) in [4.78, 5) is 9.37. The molecular formula is C23H18N4O2. The Bertz CT molecular complexity index is 1230. The summed E-state index contributed by atoms with van der Waals surface area (Å²) < 4.78 is 10.7. The predicted octanol–water partition coefficient (Wildman–Crippen LogP) is 4.93. The summed E-state index contributed by atoms with van der Waals surface area (Å²) in [5.41, 5.74) is 3.78. The number of methoxy groups -OCH3 is 2. The molecule has 0 amide bonds. The summed E-state index contributed by atoms with van der Waals surface area (Å²) in [5, 5.41) is 13.4. The lowest BCUT2D eigenvalue weighted by atomic mass is 10.0. The van der Waals surface area contributed by atoms with Gasteiger partial charge in [0.1, 0.15) is 0 Å².